The van der Waals surface area contributed by atoms with E-state index >= 15 is 0 Å². The highest BCUT2D eigenvalue weighted by Crippen LogP contribution is 2.36. The Kier molecular flexibility index (Phi) is 3.31. The smallest absolute Gasteiger partial charge is 0.323 e. The van der Waals surface area contributed by atoms with E-state index in [9.17, 15) is 9.59 Å². The average Bonchev–Trinajstić information content (AvgIpc) is 2.73. The van der Waals surface area contributed by atoms with Gasteiger partial charge in [-0.3, -0.25) is 4.79 Å². The topological polar surface area (TPSA) is 69.6 Å². The lowest BCUT2D eigenvalue weighted by Crippen LogP contribution is -2.51. The molecule has 2 atom stereocenters. The SMILES string of the molecule is O=C(O)CNC(=O)N1CCCC2CCCC21. The van der Waals surface area contributed by atoms with Gasteiger partial charge in [-0.25, -0.2) is 4.79 Å². The second-order valence-corrected chi connectivity index (χ2v) is 4.65. The minimum atomic E-state index is -0.992. The molecule has 5 heteroatoms. The molecule has 1 aliphatic carbocycles. The standard InChI is InChI=1S/C11H18N2O3/c14-10(15)7-12-11(16)13-6-2-4-8-3-1-5-9(8)13/h8-9H,1-7H2,(H,12,16)(H,14,15). The fourth-order valence-electron chi connectivity index (χ4n) is 2.96. The largest absolute Gasteiger partial charge is 0.480 e. The summed E-state index contributed by atoms with van der Waals surface area (Å²) in [6.45, 7) is 0.485. The molecule has 0 aromatic rings. The van der Waals surface area contributed by atoms with Crippen LogP contribution in [0, 0.1) is 5.92 Å². The molecule has 2 aliphatic rings. The lowest BCUT2D eigenvalue weighted by atomic mass is 9.92. The number of hydrogen-bond acceptors (Lipinski definition) is 2. The summed E-state index contributed by atoms with van der Waals surface area (Å²) in [5.74, 6) is -0.349. The second kappa shape index (κ2) is 4.72. The van der Waals surface area contributed by atoms with Gasteiger partial charge < -0.3 is 15.3 Å². The van der Waals surface area contributed by atoms with E-state index in [0.717, 1.165) is 19.4 Å². The summed E-state index contributed by atoms with van der Waals surface area (Å²) in [7, 11) is 0. The van der Waals surface area contributed by atoms with Crippen LogP contribution in [-0.2, 0) is 4.79 Å². The third kappa shape index (κ3) is 2.28. The molecule has 1 heterocycles. The number of urea groups is 1. The Bertz CT molecular complexity index is 293. The molecule has 16 heavy (non-hydrogen) atoms. The zero-order valence-corrected chi connectivity index (χ0v) is 9.32. The van der Waals surface area contributed by atoms with E-state index in [0.29, 0.717) is 12.0 Å². The number of carboxylic acid groups (broad SMARTS) is 1. The Morgan fingerprint density at radius 1 is 1.25 bits per heavy atom. The molecule has 0 aromatic carbocycles. The molecule has 2 unspecified atom stereocenters. The highest BCUT2D eigenvalue weighted by atomic mass is 16.4. The number of hydrogen-bond donors (Lipinski definition) is 2. The fourth-order valence-corrected chi connectivity index (χ4v) is 2.96. The van der Waals surface area contributed by atoms with Crippen LogP contribution in [0.5, 0.6) is 0 Å². The average molecular weight is 226 g/mol. The summed E-state index contributed by atoms with van der Waals surface area (Å²) >= 11 is 0. The van der Waals surface area contributed by atoms with Crippen molar-refractivity contribution in [3.05, 3.63) is 0 Å². The van der Waals surface area contributed by atoms with Gasteiger partial charge in [-0.15, -0.1) is 0 Å². The quantitative estimate of drug-likeness (QED) is 0.739. The number of carbonyl (C=O) groups is 2. The number of amides is 2. The first-order chi connectivity index (χ1) is 7.68. The lowest BCUT2D eigenvalue weighted by molar-refractivity contribution is -0.135. The first-order valence-electron chi connectivity index (χ1n) is 5.95. The van der Waals surface area contributed by atoms with Crippen LogP contribution in [0.25, 0.3) is 0 Å². The third-order valence-corrected chi connectivity index (χ3v) is 3.64. The first kappa shape index (κ1) is 11.2. The summed E-state index contributed by atoms with van der Waals surface area (Å²) in [6.07, 6.45) is 5.74. The Morgan fingerprint density at radius 2 is 2.00 bits per heavy atom. The molecular formula is C11H18N2O3. The number of rotatable bonds is 2. The van der Waals surface area contributed by atoms with Crippen LogP contribution >= 0.6 is 0 Å². The molecule has 1 saturated heterocycles. The maximum atomic E-state index is 11.8. The molecule has 0 bridgehead atoms. The third-order valence-electron chi connectivity index (χ3n) is 3.64. The Labute approximate surface area is 94.8 Å². The maximum absolute atomic E-state index is 11.8. The number of carbonyl (C=O) groups excluding carboxylic acids is 1. The molecule has 5 nitrogen and oxygen atoms in total. The summed E-state index contributed by atoms with van der Waals surface area (Å²) < 4.78 is 0. The molecule has 2 amide bonds. The number of nitrogens with one attached hydrogen (secondary N) is 1. The highest BCUT2D eigenvalue weighted by molar-refractivity contribution is 5.80. The molecule has 0 spiro atoms. The van der Waals surface area contributed by atoms with Crippen LogP contribution in [0.15, 0.2) is 0 Å². The zero-order valence-electron chi connectivity index (χ0n) is 9.32. The molecule has 0 aromatic heterocycles. The van der Waals surface area contributed by atoms with Gasteiger partial charge in [-0.1, -0.05) is 6.42 Å². The predicted molar refractivity (Wildman–Crippen MR) is 58.1 cm³/mol. The van der Waals surface area contributed by atoms with Crippen molar-refractivity contribution in [2.75, 3.05) is 13.1 Å². The Morgan fingerprint density at radius 3 is 2.75 bits per heavy atom. The number of likely N-dealkylation sites (tertiary alicyclic amines) is 1. The van der Waals surface area contributed by atoms with Crippen molar-refractivity contribution in [1.29, 1.82) is 0 Å². The minimum Gasteiger partial charge on any atom is -0.480 e. The summed E-state index contributed by atoms with van der Waals surface area (Å²) in [4.78, 5) is 24.0. The Balaban J connectivity index is 1.91. The van der Waals surface area contributed by atoms with Crippen molar-refractivity contribution in [3.63, 3.8) is 0 Å². The van der Waals surface area contributed by atoms with Crippen LogP contribution < -0.4 is 5.32 Å². The number of piperidine rings is 1. The lowest BCUT2D eigenvalue weighted by Gasteiger charge is -2.37. The van der Waals surface area contributed by atoms with Crippen LogP contribution in [0.3, 0.4) is 0 Å². The number of carboxylic acids is 1. The number of aliphatic carboxylic acids is 1. The van der Waals surface area contributed by atoms with Gasteiger partial charge >= 0.3 is 12.0 Å². The van der Waals surface area contributed by atoms with Gasteiger partial charge in [0, 0.05) is 12.6 Å². The van der Waals surface area contributed by atoms with E-state index in [-0.39, 0.29) is 12.6 Å². The van der Waals surface area contributed by atoms with Crippen molar-refractivity contribution < 1.29 is 14.7 Å². The van der Waals surface area contributed by atoms with Crippen LogP contribution in [-0.4, -0.2) is 41.1 Å². The molecule has 2 fully saturated rings. The second-order valence-electron chi connectivity index (χ2n) is 4.65. The maximum Gasteiger partial charge on any atom is 0.323 e. The van der Waals surface area contributed by atoms with Gasteiger partial charge in [0.1, 0.15) is 6.54 Å². The van der Waals surface area contributed by atoms with E-state index in [2.05, 4.69) is 5.32 Å². The van der Waals surface area contributed by atoms with E-state index in [1.54, 1.807) is 0 Å². The van der Waals surface area contributed by atoms with Gasteiger partial charge in [0.15, 0.2) is 0 Å². The number of fused-ring (bicyclic) bond motifs is 1. The normalized spacial score (nSPS) is 28.6. The fraction of sp³-hybridized carbons (Fsp3) is 0.818. The predicted octanol–water partition coefficient (Wildman–Crippen LogP) is 1.05. The molecule has 2 N–H and O–H groups in total. The van der Waals surface area contributed by atoms with Gasteiger partial charge in [0.25, 0.3) is 0 Å². The van der Waals surface area contributed by atoms with Crippen molar-refractivity contribution in [2.24, 2.45) is 5.92 Å². The van der Waals surface area contributed by atoms with Crippen molar-refractivity contribution in [3.8, 4) is 0 Å². The minimum absolute atomic E-state index is 0.209. The first-order valence-corrected chi connectivity index (χ1v) is 5.95. The molecule has 90 valence electrons. The van der Waals surface area contributed by atoms with E-state index in [1.807, 2.05) is 4.90 Å². The van der Waals surface area contributed by atoms with Gasteiger partial charge in [0.2, 0.25) is 0 Å². The van der Waals surface area contributed by atoms with Crippen molar-refractivity contribution in [2.45, 2.75) is 38.1 Å². The molecular weight excluding hydrogens is 208 g/mol. The van der Waals surface area contributed by atoms with Gasteiger partial charge in [0.05, 0.1) is 0 Å². The Hall–Kier alpha value is -1.26. The molecule has 1 aliphatic heterocycles. The van der Waals surface area contributed by atoms with Crippen molar-refractivity contribution in [1.82, 2.24) is 10.2 Å². The van der Waals surface area contributed by atoms with Crippen molar-refractivity contribution >= 4 is 12.0 Å². The van der Waals surface area contributed by atoms with E-state index in [4.69, 9.17) is 5.11 Å². The monoisotopic (exact) mass is 226 g/mol. The highest BCUT2D eigenvalue weighted by Gasteiger charge is 2.37. The summed E-state index contributed by atoms with van der Waals surface area (Å²) in [5.41, 5.74) is 0. The van der Waals surface area contributed by atoms with Gasteiger partial charge in [-0.2, -0.15) is 0 Å². The van der Waals surface area contributed by atoms with Crippen LogP contribution in [0.1, 0.15) is 32.1 Å². The van der Waals surface area contributed by atoms with E-state index < -0.39 is 5.97 Å². The van der Waals surface area contributed by atoms with Gasteiger partial charge in [-0.05, 0) is 31.6 Å². The number of nitrogens with zero attached hydrogens (tertiary/aromatic N) is 1. The molecule has 1 saturated carbocycles. The summed E-state index contributed by atoms with van der Waals surface area (Å²) in [5, 5.41) is 11.0. The van der Waals surface area contributed by atoms with Crippen LogP contribution in [0.2, 0.25) is 0 Å². The van der Waals surface area contributed by atoms with E-state index in [1.165, 1.54) is 19.3 Å². The molecule has 0 radical (unpaired) electrons. The summed E-state index contributed by atoms with van der Waals surface area (Å²) in [6, 6.07) is 0.140. The molecule has 2 rings (SSSR count). The van der Waals surface area contributed by atoms with Crippen LogP contribution in [0.4, 0.5) is 4.79 Å². The zero-order chi connectivity index (χ0) is 11.5.